The van der Waals surface area contributed by atoms with Gasteiger partial charge in [0.2, 0.25) is 0 Å². The van der Waals surface area contributed by atoms with Crippen LogP contribution in [-0.4, -0.2) is 21.8 Å². The molecular formula is C36H33F3N4O2S. The highest BCUT2D eigenvalue weighted by atomic mass is 32.1. The SMILES string of the molecule is Cc1cc(-c2c(CCc3ccc(F)cc3)nc(CC(C)C)c(C(N)=O)c2-c2ccc(C(=O)NCc3ccc(F)c(F)c3)s2)ccn1. The van der Waals surface area contributed by atoms with Crippen LogP contribution in [0, 0.1) is 30.3 Å². The number of nitrogens with zero attached hydrogens (tertiary/aromatic N) is 2. The Kier molecular flexibility index (Phi) is 9.96. The van der Waals surface area contributed by atoms with Crippen molar-refractivity contribution in [1.82, 2.24) is 15.3 Å². The van der Waals surface area contributed by atoms with Crippen LogP contribution in [0.5, 0.6) is 0 Å². The van der Waals surface area contributed by atoms with E-state index in [4.69, 9.17) is 10.7 Å². The zero-order chi connectivity index (χ0) is 33.0. The molecule has 0 atom stereocenters. The second kappa shape index (κ2) is 14.1. The van der Waals surface area contributed by atoms with Gasteiger partial charge in [0.15, 0.2) is 11.6 Å². The standard InChI is InChI=1S/C36H33F3N4O2S/c1-20(2)16-29-33(35(40)44)34(30-12-13-31(46-30)36(45)42-19-23-6-10-26(38)27(39)18-23)32(24-14-15-41-21(3)17-24)28(43-29)11-7-22-4-8-25(37)9-5-22/h4-6,8-10,12-15,17-18,20H,7,11,16,19H2,1-3H3,(H2,40,44)(H,42,45). The van der Waals surface area contributed by atoms with Crippen LogP contribution in [0.2, 0.25) is 0 Å². The smallest absolute Gasteiger partial charge is 0.261 e. The van der Waals surface area contributed by atoms with Crippen LogP contribution >= 0.6 is 11.3 Å². The first-order valence-electron chi connectivity index (χ1n) is 14.9. The second-order valence-corrected chi connectivity index (χ2v) is 12.6. The highest BCUT2D eigenvalue weighted by Crippen LogP contribution is 2.42. The van der Waals surface area contributed by atoms with Crippen molar-refractivity contribution < 1.29 is 22.8 Å². The fourth-order valence-corrected chi connectivity index (χ4v) is 6.33. The molecular weight excluding hydrogens is 609 g/mol. The summed E-state index contributed by atoms with van der Waals surface area (Å²) in [5, 5.41) is 2.75. The number of thiophene rings is 1. The van der Waals surface area contributed by atoms with E-state index in [2.05, 4.69) is 10.3 Å². The third-order valence-corrected chi connectivity index (χ3v) is 8.56. The lowest BCUT2D eigenvalue weighted by atomic mass is 9.88. The lowest BCUT2D eigenvalue weighted by molar-refractivity contribution is 0.0953. The summed E-state index contributed by atoms with van der Waals surface area (Å²) in [7, 11) is 0. The van der Waals surface area contributed by atoms with Crippen LogP contribution in [0.4, 0.5) is 13.2 Å². The number of hydrogen-bond acceptors (Lipinski definition) is 5. The van der Waals surface area contributed by atoms with Crippen molar-refractivity contribution in [2.75, 3.05) is 0 Å². The van der Waals surface area contributed by atoms with Gasteiger partial charge in [0.05, 0.1) is 16.1 Å². The van der Waals surface area contributed by atoms with E-state index in [1.165, 1.54) is 29.5 Å². The third kappa shape index (κ3) is 7.51. The Labute approximate surface area is 269 Å². The number of nitrogens with one attached hydrogen (secondary N) is 1. The van der Waals surface area contributed by atoms with Crippen molar-refractivity contribution in [3.8, 4) is 21.6 Å². The van der Waals surface area contributed by atoms with Crippen molar-refractivity contribution in [2.45, 2.75) is 46.6 Å². The molecule has 2 amide bonds. The number of halogens is 3. The Hall–Kier alpha value is -4.83. The lowest BCUT2D eigenvalue weighted by Crippen LogP contribution is -2.21. The van der Waals surface area contributed by atoms with Gasteiger partial charge in [0.25, 0.3) is 11.8 Å². The number of rotatable bonds is 11. The zero-order valence-corrected chi connectivity index (χ0v) is 26.5. The Morgan fingerprint density at radius 2 is 1.61 bits per heavy atom. The Morgan fingerprint density at radius 1 is 0.870 bits per heavy atom. The molecule has 3 heterocycles. The summed E-state index contributed by atoms with van der Waals surface area (Å²) in [5.41, 5.74) is 11.9. The molecule has 6 nitrogen and oxygen atoms in total. The van der Waals surface area contributed by atoms with Crippen molar-refractivity contribution in [3.05, 3.63) is 129 Å². The maximum Gasteiger partial charge on any atom is 0.261 e. The molecule has 5 aromatic rings. The molecule has 3 aromatic heterocycles. The molecule has 0 aliphatic rings. The first-order valence-corrected chi connectivity index (χ1v) is 15.7. The number of amides is 2. The number of aromatic nitrogens is 2. The molecule has 0 fully saturated rings. The molecule has 0 saturated carbocycles. The van der Waals surface area contributed by atoms with Gasteiger partial charge in [0.1, 0.15) is 5.82 Å². The highest BCUT2D eigenvalue weighted by Gasteiger charge is 2.27. The van der Waals surface area contributed by atoms with E-state index in [-0.39, 0.29) is 18.3 Å². The fourth-order valence-electron chi connectivity index (χ4n) is 5.35. The van der Waals surface area contributed by atoms with E-state index in [1.54, 1.807) is 30.5 Å². The molecule has 0 aliphatic carbocycles. The number of aryl methyl sites for hydroxylation is 3. The van der Waals surface area contributed by atoms with Crippen molar-refractivity contribution in [1.29, 1.82) is 0 Å². The predicted molar refractivity (Wildman–Crippen MR) is 174 cm³/mol. The zero-order valence-electron chi connectivity index (χ0n) is 25.7. The normalized spacial score (nSPS) is 11.2. The molecule has 10 heteroatoms. The fraction of sp³-hybridized carbons (Fsp3) is 0.222. The molecule has 0 spiro atoms. The first-order chi connectivity index (χ1) is 22.0. The Balaban J connectivity index is 1.62. The number of pyridine rings is 2. The molecule has 236 valence electrons. The van der Waals surface area contributed by atoms with Gasteiger partial charge in [0, 0.05) is 40.1 Å². The van der Waals surface area contributed by atoms with Crippen molar-refractivity contribution >= 4 is 23.2 Å². The van der Waals surface area contributed by atoms with Crippen LogP contribution < -0.4 is 11.1 Å². The maximum atomic E-state index is 13.7. The van der Waals surface area contributed by atoms with Crippen molar-refractivity contribution in [2.24, 2.45) is 11.7 Å². The number of carbonyl (C=O) groups excluding carboxylic acids is 2. The van der Waals surface area contributed by atoms with Gasteiger partial charge < -0.3 is 11.1 Å². The van der Waals surface area contributed by atoms with Gasteiger partial charge in [-0.1, -0.05) is 32.0 Å². The summed E-state index contributed by atoms with van der Waals surface area (Å²) in [5.74, 6) is -3.14. The first kappa shape index (κ1) is 32.6. The van der Waals surface area contributed by atoms with E-state index in [9.17, 15) is 22.8 Å². The number of carbonyl (C=O) groups is 2. The van der Waals surface area contributed by atoms with Crippen LogP contribution in [0.1, 0.15) is 62.1 Å². The van der Waals surface area contributed by atoms with Gasteiger partial charge >= 0.3 is 0 Å². The molecule has 3 N–H and O–H groups in total. The predicted octanol–water partition coefficient (Wildman–Crippen LogP) is 7.61. The average Bonchev–Trinajstić information content (AvgIpc) is 3.50. The summed E-state index contributed by atoms with van der Waals surface area (Å²) in [6, 6.07) is 17.0. The topological polar surface area (TPSA) is 98.0 Å². The number of primary amides is 1. The minimum atomic E-state index is -0.992. The van der Waals surface area contributed by atoms with E-state index in [0.717, 1.165) is 34.6 Å². The molecule has 0 bridgehead atoms. The molecule has 0 saturated heterocycles. The van der Waals surface area contributed by atoms with Gasteiger partial charge in [-0.05, 0) is 97.3 Å². The van der Waals surface area contributed by atoms with Gasteiger partial charge in [-0.15, -0.1) is 11.3 Å². The molecule has 46 heavy (non-hydrogen) atoms. The van der Waals surface area contributed by atoms with Crippen LogP contribution in [0.25, 0.3) is 21.6 Å². The van der Waals surface area contributed by atoms with E-state index < -0.39 is 23.4 Å². The van der Waals surface area contributed by atoms with E-state index in [1.807, 2.05) is 32.9 Å². The van der Waals surface area contributed by atoms with E-state index in [0.29, 0.717) is 57.0 Å². The van der Waals surface area contributed by atoms with Gasteiger partial charge in [-0.2, -0.15) is 0 Å². The molecule has 0 unspecified atom stereocenters. The minimum Gasteiger partial charge on any atom is -0.366 e. The van der Waals surface area contributed by atoms with Crippen LogP contribution in [0.15, 0.2) is 72.9 Å². The summed E-state index contributed by atoms with van der Waals surface area (Å²) in [4.78, 5) is 36.8. The molecule has 5 rings (SSSR count). The second-order valence-electron chi connectivity index (χ2n) is 11.5. The van der Waals surface area contributed by atoms with Crippen LogP contribution in [-0.2, 0) is 25.8 Å². The van der Waals surface area contributed by atoms with Crippen LogP contribution in [0.3, 0.4) is 0 Å². The van der Waals surface area contributed by atoms with E-state index >= 15 is 0 Å². The minimum absolute atomic E-state index is 0.00132. The maximum absolute atomic E-state index is 13.7. The molecule has 2 aromatic carbocycles. The van der Waals surface area contributed by atoms with Gasteiger partial charge in [-0.25, -0.2) is 13.2 Å². The summed E-state index contributed by atoms with van der Waals surface area (Å²) < 4.78 is 40.7. The summed E-state index contributed by atoms with van der Waals surface area (Å²) >= 11 is 1.19. The Bertz CT molecular complexity index is 1900. The quantitative estimate of drug-likeness (QED) is 0.155. The number of nitrogens with two attached hydrogens (primary N) is 1. The number of hydrogen-bond donors (Lipinski definition) is 2. The summed E-state index contributed by atoms with van der Waals surface area (Å²) in [6.45, 7) is 5.94. The molecule has 0 radical (unpaired) electrons. The molecule has 0 aliphatic heterocycles. The monoisotopic (exact) mass is 642 g/mol. The highest BCUT2D eigenvalue weighted by molar-refractivity contribution is 7.17. The third-order valence-electron chi connectivity index (χ3n) is 7.46. The Morgan fingerprint density at radius 3 is 2.28 bits per heavy atom. The number of benzene rings is 2. The van der Waals surface area contributed by atoms with Crippen molar-refractivity contribution in [3.63, 3.8) is 0 Å². The summed E-state index contributed by atoms with van der Waals surface area (Å²) in [6.07, 6.45) is 3.25. The lowest BCUT2D eigenvalue weighted by Gasteiger charge is -2.21. The largest absolute Gasteiger partial charge is 0.366 e. The van der Waals surface area contributed by atoms with Gasteiger partial charge in [-0.3, -0.25) is 19.6 Å². The average molecular weight is 643 g/mol.